The van der Waals surface area contributed by atoms with Gasteiger partial charge in [0.15, 0.2) is 23.4 Å². The number of nitrogens with zero attached hydrogens (tertiary/aromatic N) is 1. The molecule has 1 N–H and O–H groups in total. The summed E-state index contributed by atoms with van der Waals surface area (Å²) in [7, 11) is 1.49. The number of hydrogen-bond acceptors (Lipinski definition) is 6. The Labute approximate surface area is 158 Å². The number of ether oxygens (including phenoxy) is 3. The highest BCUT2D eigenvalue weighted by Crippen LogP contribution is 2.28. The number of ketones is 1. The molecule has 1 unspecified atom stereocenters. The van der Waals surface area contributed by atoms with Crippen molar-refractivity contribution in [3.05, 3.63) is 23.8 Å². The Balaban J connectivity index is 1.83. The third kappa shape index (κ3) is 5.68. The molecule has 0 bridgehead atoms. The minimum Gasteiger partial charge on any atom is -0.493 e. The fraction of sp³-hybridized carbons (Fsp3) is 0.526. The van der Waals surface area contributed by atoms with Crippen LogP contribution in [0.25, 0.3) is 0 Å². The van der Waals surface area contributed by atoms with Crippen molar-refractivity contribution >= 4 is 17.7 Å². The van der Waals surface area contributed by atoms with E-state index in [1.807, 2.05) is 0 Å². The van der Waals surface area contributed by atoms with Crippen molar-refractivity contribution in [3.8, 4) is 11.5 Å². The molecule has 0 aliphatic carbocycles. The molecule has 8 heteroatoms. The minimum absolute atomic E-state index is 0.0553. The van der Waals surface area contributed by atoms with Crippen LogP contribution in [0, 0.1) is 0 Å². The quantitative estimate of drug-likeness (QED) is 0.542. The average Bonchev–Trinajstić information content (AvgIpc) is 2.64. The van der Waals surface area contributed by atoms with Gasteiger partial charge in [-0.15, -0.1) is 0 Å². The van der Waals surface area contributed by atoms with E-state index in [-0.39, 0.29) is 30.8 Å². The van der Waals surface area contributed by atoms with Crippen molar-refractivity contribution in [2.45, 2.75) is 38.9 Å². The number of carboxylic acid groups (broad SMARTS) is 1. The van der Waals surface area contributed by atoms with E-state index in [1.54, 1.807) is 25.1 Å². The van der Waals surface area contributed by atoms with Gasteiger partial charge in [-0.3, -0.25) is 9.59 Å². The van der Waals surface area contributed by atoms with E-state index in [2.05, 4.69) is 0 Å². The molecular weight excluding hydrogens is 354 g/mol. The SMILES string of the molecule is COc1cc(C(C)=O)ccc1OCCCC(=O)N1CC(C(=O)O)O[C@H](C)C1. The highest BCUT2D eigenvalue weighted by Gasteiger charge is 2.32. The van der Waals surface area contributed by atoms with Crippen molar-refractivity contribution in [2.75, 3.05) is 26.8 Å². The number of aliphatic carboxylic acids is 1. The summed E-state index contributed by atoms with van der Waals surface area (Å²) in [4.78, 5) is 36.4. The smallest absolute Gasteiger partial charge is 0.334 e. The molecule has 1 aromatic carbocycles. The van der Waals surface area contributed by atoms with Crippen molar-refractivity contribution < 1.29 is 33.7 Å². The molecule has 0 aromatic heterocycles. The number of carboxylic acids is 1. The van der Waals surface area contributed by atoms with Crippen LogP contribution >= 0.6 is 0 Å². The van der Waals surface area contributed by atoms with Crippen LogP contribution in [0.2, 0.25) is 0 Å². The maximum atomic E-state index is 12.3. The van der Waals surface area contributed by atoms with Gasteiger partial charge in [0.25, 0.3) is 0 Å². The normalized spacial score (nSPS) is 19.4. The number of rotatable bonds is 8. The van der Waals surface area contributed by atoms with E-state index in [4.69, 9.17) is 19.3 Å². The molecule has 0 spiro atoms. The number of carbonyl (C=O) groups is 3. The van der Waals surface area contributed by atoms with Crippen molar-refractivity contribution in [2.24, 2.45) is 0 Å². The van der Waals surface area contributed by atoms with E-state index in [0.29, 0.717) is 36.6 Å². The number of carbonyl (C=O) groups excluding carboxylic acids is 2. The van der Waals surface area contributed by atoms with Crippen LogP contribution in [0.4, 0.5) is 0 Å². The Kier molecular flexibility index (Phi) is 7.18. The van der Waals surface area contributed by atoms with E-state index in [9.17, 15) is 14.4 Å². The molecule has 1 saturated heterocycles. The Morgan fingerprint density at radius 3 is 2.63 bits per heavy atom. The Morgan fingerprint density at radius 1 is 1.26 bits per heavy atom. The molecule has 1 amide bonds. The zero-order chi connectivity index (χ0) is 20.0. The summed E-state index contributed by atoms with van der Waals surface area (Å²) in [5.74, 6) is -0.297. The second-order valence-electron chi connectivity index (χ2n) is 6.45. The molecule has 27 heavy (non-hydrogen) atoms. The lowest BCUT2D eigenvalue weighted by Crippen LogP contribution is -2.51. The van der Waals surface area contributed by atoms with Gasteiger partial charge in [0.05, 0.1) is 26.4 Å². The Morgan fingerprint density at radius 2 is 2.00 bits per heavy atom. The van der Waals surface area contributed by atoms with E-state index >= 15 is 0 Å². The highest BCUT2D eigenvalue weighted by atomic mass is 16.5. The third-order valence-electron chi connectivity index (χ3n) is 4.25. The van der Waals surface area contributed by atoms with E-state index < -0.39 is 12.1 Å². The Hall–Kier alpha value is -2.61. The summed E-state index contributed by atoms with van der Waals surface area (Å²) >= 11 is 0. The highest BCUT2D eigenvalue weighted by molar-refractivity contribution is 5.94. The fourth-order valence-electron chi connectivity index (χ4n) is 2.86. The lowest BCUT2D eigenvalue weighted by atomic mass is 10.1. The van der Waals surface area contributed by atoms with Crippen LogP contribution in [0.5, 0.6) is 11.5 Å². The fourth-order valence-corrected chi connectivity index (χ4v) is 2.86. The molecule has 0 radical (unpaired) electrons. The Bertz CT molecular complexity index is 703. The molecule has 1 aliphatic rings. The first-order valence-corrected chi connectivity index (χ1v) is 8.79. The lowest BCUT2D eigenvalue weighted by molar-refractivity contribution is -0.166. The molecule has 1 aromatic rings. The largest absolute Gasteiger partial charge is 0.493 e. The number of morpholine rings is 1. The summed E-state index contributed by atoms with van der Waals surface area (Å²) in [6.07, 6.45) is -0.589. The number of hydrogen-bond donors (Lipinski definition) is 1. The van der Waals surface area contributed by atoms with Gasteiger partial charge in [0.2, 0.25) is 5.91 Å². The average molecular weight is 379 g/mol. The first-order chi connectivity index (χ1) is 12.8. The van der Waals surface area contributed by atoms with Crippen molar-refractivity contribution in [3.63, 3.8) is 0 Å². The van der Waals surface area contributed by atoms with Gasteiger partial charge in [0, 0.05) is 18.5 Å². The van der Waals surface area contributed by atoms with Gasteiger partial charge in [-0.1, -0.05) is 0 Å². The summed E-state index contributed by atoms with van der Waals surface area (Å²) < 4.78 is 16.2. The first kappa shape index (κ1) is 20.7. The second-order valence-corrected chi connectivity index (χ2v) is 6.45. The summed E-state index contributed by atoms with van der Waals surface area (Å²) in [5.41, 5.74) is 0.531. The molecule has 1 fully saturated rings. The predicted octanol–water partition coefficient (Wildman–Crippen LogP) is 1.76. The molecule has 2 atom stereocenters. The van der Waals surface area contributed by atoms with Crippen LogP contribution in [-0.2, 0) is 14.3 Å². The topological polar surface area (TPSA) is 102 Å². The standard InChI is InChI=1S/C19H25NO7/c1-12-10-20(11-17(27-12)19(23)24)18(22)5-4-8-26-15-7-6-14(13(2)21)9-16(15)25-3/h6-7,9,12,17H,4-5,8,10-11H2,1-3H3,(H,23,24)/t12-,17?/m1/s1. The van der Waals surface area contributed by atoms with E-state index in [0.717, 1.165) is 0 Å². The van der Waals surface area contributed by atoms with E-state index in [1.165, 1.54) is 18.9 Å². The summed E-state index contributed by atoms with van der Waals surface area (Å²) in [6.45, 7) is 3.95. The zero-order valence-corrected chi connectivity index (χ0v) is 15.8. The van der Waals surface area contributed by atoms with Crippen molar-refractivity contribution in [1.82, 2.24) is 4.90 Å². The molecule has 1 aliphatic heterocycles. The number of benzene rings is 1. The third-order valence-corrected chi connectivity index (χ3v) is 4.25. The first-order valence-electron chi connectivity index (χ1n) is 8.79. The maximum absolute atomic E-state index is 12.3. The van der Waals surface area contributed by atoms with Crippen LogP contribution in [0.15, 0.2) is 18.2 Å². The number of amides is 1. The van der Waals surface area contributed by atoms with Crippen LogP contribution < -0.4 is 9.47 Å². The van der Waals surface area contributed by atoms with Crippen molar-refractivity contribution in [1.29, 1.82) is 0 Å². The summed E-state index contributed by atoms with van der Waals surface area (Å²) in [6, 6.07) is 4.94. The van der Waals surface area contributed by atoms with Crippen LogP contribution in [0.1, 0.15) is 37.0 Å². The maximum Gasteiger partial charge on any atom is 0.334 e. The van der Waals surface area contributed by atoms with Gasteiger partial charge < -0.3 is 24.2 Å². The predicted molar refractivity (Wildman–Crippen MR) is 96.3 cm³/mol. The van der Waals surface area contributed by atoms with Gasteiger partial charge in [-0.05, 0) is 38.5 Å². The molecule has 0 saturated carbocycles. The van der Waals surface area contributed by atoms with Gasteiger partial charge in [-0.25, -0.2) is 4.79 Å². The lowest BCUT2D eigenvalue weighted by Gasteiger charge is -2.35. The zero-order valence-electron chi connectivity index (χ0n) is 15.8. The second kappa shape index (κ2) is 9.36. The molecule has 148 valence electrons. The molecule has 2 rings (SSSR count). The van der Waals surface area contributed by atoms with Crippen LogP contribution in [-0.4, -0.2) is 66.7 Å². The van der Waals surface area contributed by atoms with Gasteiger partial charge in [0.1, 0.15) is 0 Å². The minimum atomic E-state index is -1.07. The summed E-state index contributed by atoms with van der Waals surface area (Å²) in [5, 5.41) is 9.08. The van der Waals surface area contributed by atoms with Gasteiger partial charge in [-0.2, -0.15) is 0 Å². The molecule has 8 nitrogen and oxygen atoms in total. The van der Waals surface area contributed by atoms with Gasteiger partial charge >= 0.3 is 5.97 Å². The number of methoxy groups -OCH3 is 1. The number of Topliss-reactive ketones (excluding diaryl/α,β-unsaturated/α-hetero) is 1. The molecule has 1 heterocycles. The van der Waals surface area contributed by atoms with Crippen LogP contribution in [0.3, 0.4) is 0 Å². The monoisotopic (exact) mass is 379 g/mol. The molecular formula is C19H25NO7.